The predicted octanol–water partition coefficient (Wildman–Crippen LogP) is 3.60. The van der Waals surface area contributed by atoms with Crippen molar-refractivity contribution < 1.29 is 4.79 Å². The summed E-state index contributed by atoms with van der Waals surface area (Å²) in [4.78, 5) is 10.8. The van der Waals surface area contributed by atoms with Gasteiger partial charge in [-0.1, -0.05) is 41.9 Å². The van der Waals surface area contributed by atoms with Gasteiger partial charge in [0, 0.05) is 0 Å². The Balaban J connectivity index is 0.000000561. The van der Waals surface area contributed by atoms with Gasteiger partial charge in [-0.05, 0) is 29.8 Å². The molecule has 0 heterocycles. The molecule has 1 nitrogen and oxygen atoms in total. The van der Waals surface area contributed by atoms with Gasteiger partial charge in [0.2, 0.25) is 0 Å². The third-order valence-electron chi connectivity index (χ3n) is 1.55. The highest BCUT2D eigenvalue weighted by molar-refractivity contribution is 9.11. The maximum atomic E-state index is 10.8. The van der Waals surface area contributed by atoms with E-state index in [2.05, 4.69) is 15.9 Å². The molecular formula is C10H15BrO. The fraction of sp³-hybridized carbons (Fsp3) is 0.500. The van der Waals surface area contributed by atoms with Crippen LogP contribution in [0, 0.1) is 0 Å². The molecule has 0 saturated carbocycles. The SMILES string of the molecule is CC.CC(=O)C1=CC=C(Br)CC1. The zero-order valence-electron chi connectivity index (χ0n) is 7.86. The summed E-state index contributed by atoms with van der Waals surface area (Å²) in [6.07, 6.45) is 5.67. The van der Waals surface area contributed by atoms with Crippen LogP contribution in [0.4, 0.5) is 0 Å². The smallest absolute Gasteiger partial charge is 0.155 e. The Bertz CT molecular complexity index is 214. The summed E-state index contributed by atoms with van der Waals surface area (Å²) in [6.45, 7) is 5.61. The zero-order chi connectivity index (χ0) is 9.56. The van der Waals surface area contributed by atoms with Crippen LogP contribution in [0.3, 0.4) is 0 Å². The van der Waals surface area contributed by atoms with Crippen molar-refractivity contribution in [1.82, 2.24) is 0 Å². The first kappa shape index (κ1) is 11.6. The first-order valence-corrected chi connectivity index (χ1v) is 5.05. The lowest BCUT2D eigenvalue weighted by atomic mass is 10.0. The Kier molecular flexibility index (Phi) is 5.99. The maximum absolute atomic E-state index is 10.8. The molecule has 0 aromatic heterocycles. The summed E-state index contributed by atoms with van der Waals surface area (Å²) in [7, 11) is 0. The van der Waals surface area contributed by atoms with E-state index in [-0.39, 0.29) is 5.78 Å². The minimum absolute atomic E-state index is 0.191. The van der Waals surface area contributed by atoms with Crippen molar-refractivity contribution in [2.75, 3.05) is 0 Å². The second kappa shape index (κ2) is 6.18. The fourth-order valence-electron chi connectivity index (χ4n) is 0.905. The molecule has 12 heavy (non-hydrogen) atoms. The molecule has 0 fully saturated rings. The highest BCUT2D eigenvalue weighted by Gasteiger charge is 2.06. The van der Waals surface area contributed by atoms with E-state index < -0.39 is 0 Å². The van der Waals surface area contributed by atoms with Crippen molar-refractivity contribution in [3.8, 4) is 0 Å². The van der Waals surface area contributed by atoms with Gasteiger partial charge in [0.05, 0.1) is 0 Å². The van der Waals surface area contributed by atoms with E-state index in [1.54, 1.807) is 6.92 Å². The molecule has 2 heteroatoms. The molecule has 0 aromatic rings. The normalized spacial score (nSPS) is 15.3. The van der Waals surface area contributed by atoms with E-state index in [1.165, 1.54) is 4.48 Å². The predicted molar refractivity (Wildman–Crippen MR) is 56.4 cm³/mol. The van der Waals surface area contributed by atoms with Gasteiger partial charge in [0.15, 0.2) is 5.78 Å². The summed E-state index contributed by atoms with van der Waals surface area (Å²) in [6, 6.07) is 0. The lowest BCUT2D eigenvalue weighted by Crippen LogP contribution is -1.98. The minimum Gasteiger partial charge on any atom is -0.295 e. The quantitative estimate of drug-likeness (QED) is 0.673. The molecular weight excluding hydrogens is 216 g/mol. The Morgan fingerprint density at radius 3 is 2.25 bits per heavy atom. The first-order chi connectivity index (χ1) is 5.70. The molecule has 0 atom stereocenters. The number of ketones is 1. The second-order valence-corrected chi connectivity index (χ2v) is 3.38. The monoisotopic (exact) mass is 230 g/mol. The summed E-state index contributed by atoms with van der Waals surface area (Å²) >= 11 is 3.37. The first-order valence-electron chi connectivity index (χ1n) is 4.26. The molecule has 0 radical (unpaired) electrons. The van der Waals surface area contributed by atoms with E-state index in [0.717, 1.165) is 18.4 Å². The lowest BCUT2D eigenvalue weighted by Gasteiger charge is -2.06. The number of allylic oxidation sites excluding steroid dienone is 4. The molecule has 0 amide bonds. The van der Waals surface area contributed by atoms with Crippen LogP contribution < -0.4 is 0 Å². The number of hydrogen-bond donors (Lipinski definition) is 0. The number of Topliss-reactive ketones (excluding diaryl/α,β-unsaturated/α-hetero) is 1. The van der Waals surface area contributed by atoms with E-state index in [9.17, 15) is 4.79 Å². The topological polar surface area (TPSA) is 17.1 Å². The van der Waals surface area contributed by atoms with Gasteiger partial charge in [-0.2, -0.15) is 0 Å². The standard InChI is InChI=1S/C8H9BrO.C2H6/c1-6(10)7-2-4-8(9)5-3-7;1-2/h2,4H,3,5H2,1H3;1-2H3. The van der Waals surface area contributed by atoms with Crippen LogP contribution in [0.5, 0.6) is 0 Å². The number of carbonyl (C=O) groups is 1. The highest BCUT2D eigenvalue weighted by Crippen LogP contribution is 2.22. The van der Waals surface area contributed by atoms with Crippen molar-refractivity contribution >= 4 is 21.7 Å². The van der Waals surface area contributed by atoms with Gasteiger partial charge in [0.1, 0.15) is 0 Å². The van der Waals surface area contributed by atoms with E-state index >= 15 is 0 Å². The number of rotatable bonds is 1. The summed E-state index contributed by atoms with van der Waals surface area (Å²) in [5.41, 5.74) is 0.934. The van der Waals surface area contributed by atoms with Gasteiger partial charge in [-0.3, -0.25) is 4.79 Å². The van der Waals surface area contributed by atoms with Crippen LogP contribution in [0.25, 0.3) is 0 Å². The van der Waals surface area contributed by atoms with Crippen LogP contribution in [0.2, 0.25) is 0 Å². The lowest BCUT2D eigenvalue weighted by molar-refractivity contribution is -0.113. The van der Waals surface area contributed by atoms with Crippen molar-refractivity contribution in [3.63, 3.8) is 0 Å². The molecule has 1 aliphatic carbocycles. The highest BCUT2D eigenvalue weighted by atomic mass is 79.9. The van der Waals surface area contributed by atoms with E-state index in [4.69, 9.17) is 0 Å². The molecule has 0 aromatic carbocycles. The van der Waals surface area contributed by atoms with E-state index in [0.29, 0.717) is 0 Å². The summed E-state index contributed by atoms with van der Waals surface area (Å²) in [5, 5.41) is 0. The van der Waals surface area contributed by atoms with Gasteiger partial charge < -0.3 is 0 Å². The summed E-state index contributed by atoms with van der Waals surface area (Å²) < 4.78 is 1.18. The number of hydrogen-bond acceptors (Lipinski definition) is 1. The fourth-order valence-corrected chi connectivity index (χ4v) is 1.24. The largest absolute Gasteiger partial charge is 0.295 e. The molecule has 0 N–H and O–H groups in total. The second-order valence-electron chi connectivity index (χ2n) is 2.36. The van der Waals surface area contributed by atoms with Gasteiger partial charge in [0.25, 0.3) is 0 Å². The summed E-state index contributed by atoms with van der Waals surface area (Å²) in [5.74, 6) is 0.191. The van der Waals surface area contributed by atoms with Crippen LogP contribution in [-0.4, -0.2) is 5.78 Å². The van der Waals surface area contributed by atoms with Crippen LogP contribution in [0.1, 0.15) is 33.6 Å². The van der Waals surface area contributed by atoms with Crippen LogP contribution in [-0.2, 0) is 4.79 Å². The maximum Gasteiger partial charge on any atom is 0.155 e. The molecule has 68 valence electrons. The molecule has 0 bridgehead atoms. The van der Waals surface area contributed by atoms with Gasteiger partial charge in [-0.15, -0.1) is 0 Å². The van der Waals surface area contributed by atoms with Gasteiger partial charge in [-0.25, -0.2) is 0 Å². The van der Waals surface area contributed by atoms with Crippen molar-refractivity contribution in [3.05, 3.63) is 22.2 Å². The third-order valence-corrected chi connectivity index (χ3v) is 2.21. The van der Waals surface area contributed by atoms with Crippen LogP contribution in [0.15, 0.2) is 22.2 Å². The Hall–Kier alpha value is -0.370. The number of halogens is 1. The third kappa shape index (κ3) is 3.86. The molecule has 0 aliphatic heterocycles. The van der Waals surface area contributed by atoms with Crippen molar-refractivity contribution in [2.45, 2.75) is 33.6 Å². The van der Waals surface area contributed by atoms with Crippen LogP contribution >= 0.6 is 15.9 Å². The Labute approximate surface area is 82.7 Å². The van der Waals surface area contributed by atoms with Crippen molar-refractivity contribution in [1.29, 1.82) is 0 Å². The van der Waals surface area contributed by atoms with Crippen molar-refractivity contribution in [2.24, 2.45) is 0 Å². The molecule has 1 rings (SSSR count). The molecule has 0 unspecified atom stereocenters. The Morgan fingerprint density at radius 1 is 1.33 bits per heavy atom. The molecule has 0 saturated heterocycles. The zero-order valence-corrected chi connectivity index (χ0v) is 9.44. The molecule has 0 spiro atoms. The van der Waals surface area contributed by atoms with E-state index in [1.807, 2.05) is 26.0 Å². The minimum atomic E-state index is 0.191. The van der Waals surface area contributed by atoms with Gasteiger partial charge >= 0.3 is 0 Å². The Morgan fingerprint density at radius 2 is 1.92 bits per heavy atom. The number of carbonyl (C=O) groups excluding carboxylic acids is 1. The molecule has 1 aliphatic rings. The average molecular weight is 231 g/mol. The average Bonchev–Trinajstić information content (AvgIpc) is 2.09.